The van der Waals surface area contributed by atoms with Crippen LogP contribution in [0.2, 0.25) is 0 Å². The molecule has 0 spiro atoms. The van der Waals surface area contributed by atoms with Gasteiger partial charge in [0.2, 0.25) is 0 Å². The number of hydrogen-bond donors (Lipinski definition) is 1. The van der Waals surface area contributed by atoms with Crippen LogP contribution in [0.3, 0.4) is 0 Å². The van der Waals surface area contributed by atoms with Crippen LogP contribution in [0.25, 0.3) is 0 Å². The van der Waals surface area contributed by atoms with E-state index in [0.717, 1.165) is 5.75 Å². The van der Waals surface area contributed by atoms with Gasteiger partial charge in [-0.25, -0.2) is 4.79 Å². The normalized spacial score (nSPS) is 9.83. The van der Waals surface area contributed by atoms with Crippen molar-refractivity contribution >= 4 is 18.2 Å². The predicted molar refractivity (Wildman–Crippen MR) is 87.1 cm³/mol. The minimum absolute atomic E-state index is 0.279. The summed E-state index contributed by atoms with van der Waals surface area (Å²) in [7, 11) is 0. The fourth-order valence-electron chi connectivity index (χ4n) is 1.84. The van der Waals surface area contributed by atoms with Crippen LogP contribution in [-0.2, 0) is 9.53 Å². The number of esters is 1. The van der Waals surface area contributed by atoms with Gasteiger partial charge in [0.1, 0.15) is 18.6 Å². The summed E-state index contributed by atoms with van der Waals surface area (Å²) in [6, 6.07) is 15.2. The smallest absolute Gasteiger partial charge is 0.338 e. The number of hydrogen-bond acceptors (Lipinski definition) is 5. The molecule has 2 aromatic carbocycles. The Morgan fingerprint density at radius 2 is 1.71 bits per heavy atom. The van der Waals surface area contributed by atoms with E-state index in [0.29, 0.717) is 25.0 Å². The fourth-order valence-corrected chi connectivity index (χ4v) is 1.84. The van der Waals surface area contributed by atoms with Gasteiger partial charge in [-0.1, -0.05) is 30.3 Å². The average Bonchev–Trinajstić information content (AvgIpc) is 2.64. The third-order valence-electron chi connectivity index (χ3n) is 3.05. The minimum atomic E-state index is -0.622. The van der Waals surface area contributed by atoms with E-state index in [1.165, 1.54) is 24.3 Å². The van der Waals surface area contributed by atoms with Crippen molar-refractivity contribution in [1.82, 2.24) is 5.32 Å². The van der Waals surface area contributed by atoms with Gasteiger partial charge in [0.15, 0.2) is 6.61 Å². The van der Waals surface area contributed by atoms with E-state index in [2.05, 4.69) is 5.32 Å². The average molecular weight is 327 g/mol. The van der Waals surface area contributed by atoms with E-state index in [4.69, 9.17) is 9.47 Å². The summed E-state index contributed by atoms with van der Waals surface area (Å²) in [6.45, 7) is 0.246. The largest absolute Gasteiger partial charge is 0.492 e. The van der Waals surface area contributed by atoms with Crippen molar-refractivity contribution < 1.29 is 23.9 Å². The number of carbonyl (C=O) groups excluding carboxylic acids is 3. The van der Waals surface area contributed by atoms with Crippen molar-refractivity contribution in [3.63, 3.8) is 0 Å². The van der Waals surface area contributed by atoms with Crippen molar-refractivity contribution in [2.24, 2.45) is 0 Å². The molecule has 6 heteroatoms. The molecule has 0 saturated heterocycles. The number of benzene rings is 2. The van der Waals surface area contributed by atoms with Gasteiger partial charge in [-0.3, -0.25) is 9.59 Å². The molecule has 0 radical (unpaired) electrons. The lowest BCUT2D eigenvalue weighted by Gasteiger charge is -2.08. The zero-order valence-electron chi connectivity index (χ0n) is 12.9. The Labute approximate surface area is 139 Å². The Bertz CT molecular complexity index is 682. The number of ether oxygens (including phenoxy) is 2. The second-order valence-electron chi connectivity index (χ2n) is 4.83. The molecule has 0 saturated carbocycles. The Morgan fingerprint density at radius 1 is 1.00 bits per heavy atom. The van der Waals surface area contributed by atoms with Crippen LogP contribution >= 0.6 is 0 Å². The molecule has 0 aliphatic heterocycles. The third-order valence-corrected chi connectivity index (χ3v) is 3.05. The SMILES string of the molecule is O=Cc1ccc(C(=O)OCC(=O)NCCOc2ccccc2)cc1. The van der Waals surface area contributed by atoms with Crippen LogP contribution in [0, 0.1) is 0 Å². The number of carbonyl (C=O) groups is 3. The number of rotatable bonds is 8. The molecular weight excluding hydrogens is 310 g/mol. The highest BCUT2D eigenvalue weighted by molar-refractivity contribution is 5.92. The Hall–Kier alpha value is -3.15. The van der Waals surface area contributed by atoms with Gasteiger partial charge in [-0.05, 0) is 24.3 Å². The lowest BCUT2D eigenvalue weighted by Crippen LogP contribution is -2.32. The maximum atomic E-state index is 11.7. The standard InChI is InChI=1S/C18H17NO5/c20-12-14-6-8-15(9-7-14)18(22)24-13-17(21)19-10-11-23-16-4-2-1-3-5-16/h1-9,12H,10-11,13H2,(H,19,21). The van der Waals surface area contributed by atoms with Crippen LogP contribution in [0.4, 0.5) is 0 Å². The first-order valence-electron chi connectivity index (χ1n) is 7.36. The second-order valence-corrected chi connectivity index (χ2v) is 4.83. The van der Waals surface area contributed by atoms with Gasteiger partial charge in [0.05, 0.1) is 12.1 Å². The predicted octanol–water partition coefficient (Wildman–Crippen LogP) is 1.85. The van der Waals surface area contributed by atoms with E-state index in [-0.39, 0.29) is 12.2 Å². The molecule has 0 aliphatic rings. The molecular formula is C18H17NO5. The Kier molecular flexibility index (Phi) is 6.52. The van der Waals surface area contributed by atoms with Crippen molar-refractivity contribution in [3.05, 3.63) is 65.7 Å². The topological polar surface area (TPSA) is 81.7 Å². The third kappa shape index (κ3) is 5.57. The van der Waals surface area contributed by atoms with Crippen LogP contribution in [0.15, 0.2) is 54.6 Å². The molecule has 0 atom stereocenters. The molecule has 0 bridgehead atoms. The van der Waals surface area contributed by atoms with E-state index >= 15 is 0 Å². The lowest BCUT2D eigenvalue weighted by atomic mass is 10.1. The van der Waals surface area contributed by atoms with Crippen molar-refractivity contribution in [3.8, 4) is 5.75 Å². The van der Waals surface area contributed by atoms with Crippen LogP contribution < -0.4 is 10.1 Å². The molecule has 1 amide bonds. The summed E-state index contributed by atoms with van der Waals surface area (Å²) in [4.78, 5) is 33.9. The quantitative estimate of drug-likeness (QED) is 0.454. The highest BCUT2D eigenvalue weighted by Crippen LogP contribution is 2.07. The molecule has 0 unspecified atom stereocenters. The molecule has 124 valence electrons. The molecule has 2 aromatic rings. The Morgan fingerprint density at radius 3 is 2.38 bits per heavy atom. The number of aldehydes is 1. The maximum absolute atomic E-state index is 11.7. The highest BCUT2D eigenvalue weighted by atomic mass is 16.5. The van der Waals surface area contributed by atoms with Crippen molar-refractivity contribution in [2.45, 2.75) is 0 Å². The van der Waals surface area contributed by atoms with Crippen molar-refractivity contribution in [1.29, 1.82) is 0 Å². The first-order chi connectivity index (χ1) is 11.7. The first kappa shape index (κ1) is 17.2. The monoisotopic (exact) mass is 327 g/mol. The molecule has 0 aliphatic carbocycles. The molecule has 0 heterocycles. The molecule has 2 rings (SSSR count). The number of amides is 1. The summed E-state index contributed by atoms with van der Waals surface area (Å²) >= 11 is 0. The molecule has 0 aromatic heterocycles. The number of para-hydroxylation sites is 1. The fraction of sp³-hybridized carbons (Fsp3) is 0.167. The molecule has 24 heavy (non-hydrogen) atoms. The van der Waals surface area contributed by atoms with E-state index in [1.54, 1.807) is 0 Å². The van der Waals surface area contributed by atoms with Crippen LogP contribution in [-0.4, -0.2) is 37.9 Å². The van der Waals surface area contributed by atoms with Gasteiger partial charge in [0, 0.05) is 5.56 Å². The minimum Gasteiger partial charge on any atom is -0.492 e. The van der Waals surface area contributed by atoms with Crippen molar-refractivity contribution in [2.75, 3.05) is 19.8 Å². The molecule has 0 fully saturated rings. The Balaban J connectivity index is 1.65. The zero-order chi connectivity index (χ0) is 17.2. The van der Waals surface area contributed by atoms with Gasteiger partial charge in [-0.2, -0.15) is 0 Å². The number of nitrogens with one attached hydrogen (secondary N) is 1. The van der Waals surface area contributed by atoms with Crippen LogP contribution in [0.5, 0.6) is 5.75 Å². The summed E-state index contributed by atoms with van der Waals surface area (Å²) in [5.41, 5.74) is 0.739. The van der Waals surface area contributed by atoms with Gasteiger partial charge >= 0.3 is 5.97 Å². The van der Waals surface area contributed by atoms with E-state index < -0.39 is 11.9 Å². The zero-order valence-corrected chi connectivity index (χ0v) is 12.9. The lowest BCUT2D eigenvalue weighted by molar-refractivity contribution is -0.124. The van der Waals surface area contributed by atoms with E-state index in [1.807, 2.05) is 30.3 Å². The summed E-state index contributed by atoms with van der Waals surface area (Å²) in [6.07, 6.45) is 0.681. The van der Waals surface area contributed by atoms with E-state index in [9.17, 15) is 14.4 Å². The van der Waals surface area contributed by atoms with Gasteiger partial charge in [-0.15, -0.1) is 0 Å². The molecule has 1 N–H and O–H groups in total. The summed E-state index contributed by atoms with van der Waals surface area (Å²) in [5, 5.41) is 2.59. The summed E-state index contributed by atoms with van der Waals surface area (Å²) < 4.78 is 10.3. The van der Waals surface area contributed by atoms with Gasteiger partial charge in [0.25, 0.3) is 5.91 Å². The summed E-state index contributed by atoms with van der Waals surface area (Å²) in [5.74, 6) is -0.315. The van der Waals surface area contributed by atoms with Crippen LogP contribution in [0.1, 0.15) is 20.7 Å². The maximum Gasteiger partial charge on any atom is 0.338 e. The molecule has 6 nitrogen and oxygen atoms in total. The highest BCUT2D eigenvalue weighted by Gasteiger charge is 2.09. The first-order valence-corrected chi connectivity index (χ1v) is 7.36. The second kappa shape index (κ2) is 9.09. The van der Waals surface area contributed by atoms with Gasteiger partial charge < -0.3 is 14.8 Å².